The Bertz CT molecular complexity index is 430. The highest BCUT2D eigenvalue weighted by Crippen LogP contribution is 2.53. The fraction of sp³-hybridized carbons (Fsp3) is 0.444. The Morgan fingerprint density at radius 2 is 2.40 bits per heavy atom. The molecule has 2 N–H and O–H groups in total. The molecule has 4 nitrogen and oxygen atoms in total. The molecule has 6 heteroatoms. The minimum atomic E-state index is -0.863. The smallest absolute Gasteiger partial charge is 0.412 e. The van der Waals surface area contributed by atoms with E-state index in [0.29, 0.717) is 5.92 Å². The second-order valence-electron chi connectivity index (χ2n) is 3.81. The van der Waals surface area contributed by atoms with E-state index in [9.17, 15) is 9.90 Å². The number of nitrogens with zero attached hydrogens (tertiary/aromatic N) is 1. The quantitative estimate of drug-likeness (QED) is 0.835. The first-order chi connectivity index (χ1) is 7.18. The SMILES string of the molecule is O=C(O)N1c2c(Br)c[nH]c2SC1C1CC1. The number of anilines is 1. The predicted octanol–water partition coefficient (Wildman–Crippen LogP) is 3.10. The lowest BCUT2D eigenvalue weighted by molar-refractivity contribution is 0.200. The van der Waals surface area contributed by atoms with Crippen molar-refractivity contribution >= 4 is 39.5 Å². The molecule has 1 aromatic heterocycles. The monoisotopic (exact) mass is 288 g/mol. The third kappa shape index (κ3) is 1.38. The molecule has 1 unspecified atom stereocenters. The minimum absolute atomic E-state index is 0.0706. The summed E-state index contributed by atoms with van der Waals surface area (Å²) in [6.45, 7) is 0. The molecule has 1 aliphatic carbocycles. The van der Waals surface area contributed by atoms with Gasteiger partial charge in [0.15, 0.2) is 0 Å². The normalized spacial score (nSPS) is 24.3. The number of aromatic nitrogens is 1. The first kappa shape index (κ1) is 9.59. The van der Waals surface area contributed by atoms with Crippen molar-refractivity contribution in [1.82, 2.24) is 4.98 Å². The first-order valence-electron chi connectivity index (χ1n) is 4.74. The zero-order valence-corrected chi connectivity index (χ0v) is 10.1. The molecule has 1 amide bonds. The van der Waals surface area contributed by atoms with Crippen LogP contribution in [0.3, 0.4) is 0 Å². The molecule has 0 saturated heterocycles. The molecule has 80 valence electrons. The third-order valence-corrected chi connectivity index (χ3v) is 4.73. The Morgan fingerprint density at radius 1 is 1.67 bits per heavy atom. The topological polar surface area (TPSA) is 56.3 Å². The summed E-state index contributed by atoms with van der Waals surface area (Å²) in [6.07, 6.45) is 3.21. The van der Waals surface area contributed by atoms with Gasteiger partial charge in [-0.2, -0.15) is 0 Å². The van der Waals surface area contributed by atoms with E-state index in [2.05, 4.69) is 20.9 Å². The van der Waals surface area contributed by atoms with Gasteiger partial charge in [-0.15, -0.1) is 0 Å². The van der Waals surface area contributed by atoms with Crippen LogP contribution in [0, 0.1) is 5.92 Å². The van der Waals surface area contributed by atoms with Crippen molar-refractivity contribution in [2.75, 3.05) is 4.90 Å². The summed E-state index contributed by atoms with van der Waals surface area (Å²) in [5.74, 6) is 0.527. The summed E-state index contributed by atoms with van der Waals surface area (Å²) >= 11 is 5.00. The van der Waals surface area contributed by atoms with E-state index in [1.165, 1.54) is 4.90 Å². The predicted molar refractivity (Wildman–Crippen MR) is 61.4 cm³/mol. The van der Waals surface area contributed by atoms with Crippen molar-refractivity contribution < 1.29 is 9.90 Å². The van der Waals surface area contributed by atoms with E-state index in [0.717, 1.165) is 28.0 Å². The Kier molecular flexibility index (Phi) is 2.04. The van der Waals surface area contributed by atoms with Crippen LogP contribution in [0.4, 0.5) is 10.5 Å². The van der Waals surface area contributed by atoms with Crippen LogP contribution in [-0.2, 0) is 0 Å². The number of hydrogen-bond donors (Lipinski definition) is 2. The van der Waals surface area contributed by atoms with Gasteiger partial charge in [0.25, 0.3) is 0 Å². The van der Waals surface area contributed by atoms with Crippen molar-refractivity contribution in [1.29, 1.82) is 0 Å². The average molecular weight is 289 g/mol. The molecule has 1 saturated carbocycles. The lowest BCUT2D eigenvalue weighted by Crippen LogP contribution is -2.35. The van der Waals surface area contributed by atoms with Gasteiger partial charge in [-0.05, 0) is 34.7 Å². The summed E-state index contributed by atoms with van der Waals surface area (Å²) in [5, 5.41) is 10.3. The van der Waals surface area contributed by atoms with Crippen LogP contribution in [0.25, 0.3) is 0 Å². The van der Waals surface area contributed by atoms with Crippen LogP contribution in [0.15, 0.2) is 15.7 Å². The fourth-order valence-electron chi connectivity index (χ4n) is 1.88. The highest BCUT2D eigenvalue weighted by atomic mass is 79.9. The van der Waals surface area contributed by atoms with Crippen LogP contribution >= 0.6 is 27.7 Å². The Morgan fingerprint density at radius 3 is 3.00 bits per heavy atom. The summed E-state index contributed by atoms with van der Waals surface area (Å²) in [4.78, 5) is 15.8. The third-order valence-electron chi connectivity index (χ3n) is 2.74. The fourth-order valence-corrected chi connectivity index (χ4v) is 3.97. The van der Waals surface area contributed by atoms with Crippen LogP contribution in [0.5, 0.6) is 0 Å². The van der Waals surface area contributed by atoms with E-state index in [1.54, 1.807) is 18.0 Å². The number of aromatic amines is 1. The van der Waals surface area contributed by atoms with Crippen molar-refractivity contribution in [3.05, 3.63) is 10.7 Å². The molecule has 1 aromatic rings. The molecule has 1 aliphatic heterocycles. The average Bonchev–Trinajstić information content (AvgIpc) is 2.86. The Labute approximate surface area is 99.2 Å². The second-order valence-corrected chi connectivity index (χ2v) is 5.79. The summed E-state index contributed by atoms with van der Waals surface area (Å²) in [7, 11) is 0. The van der Waals surface area contributed by atoms with Gasteiger partial charge in [0, 0.05) is 6.20 Å². The summed E-state index contributed by atoms with van der Waals surface area (Å²) in [6, 6.07) is 0. The van der Waals surface area contributed by atoms with Crippen LogP contribution in [0.1, 0.15) is 12.8 Å². The maximum absolute atomic E-state index is 11.2. The standard InChI is InChI=1S/C9H9BrN2O2S/c10-5-3-11-7-6(5)12(9(13)14)8(15-7)4-1-2-4/h3-4,8,11H,1-2H2,(H,13,14). The highest BCUT2D eigenvalue weighted by Gasteiger charge is 2.45. The number of halogens is 1. The molecular weight excluding hydrogens is 280 g/mol. The van der Waals surface area contributed by atoms with E-state index in [1.807, 2.05) is 0 Å². The number of carboxylic acid groups (broad SMARTS) is 1. The largest absolute Gasteiger partial charge is 0.465 e. The number of nitrogens with one attached hydrogen (secondary N) is 1. The van der Waals surface area contributed by atoms with Crippen molar-refractivity contribution in [2.45, 2.75) is 23.2 Å². The van der Waals surface area contributed by atoms with Gasteiger partial charge in [0.1, 0.15) is 0 Å². The highest BCUT2D eigenvalue weighted by molar-refractivity contribution is 9.10. The van der Waals surface area contributed by atoms with Gasteiger partial charge in [-0.3, -0.25) is 4.90 Å². The number of amides is 1. The lowest BCUT2D eigenvalue weighted by Gasteiger charge is -2.20. The number of carbonyl (C=O) groups is 1. The molecule has 3 rings (SSSR count). The van der Waals surface area contributed by atoms with E-state index in [-0.39, 0.29) is 5.37 Å². The zero-order chi connectivity index (χ0) is 10.6. The van der Waals surface area contributed by atoms with Gasteiger partial charge in [0.05, 0.1) is 20.6 Å². The van der Waals surface area contributed by atoms with Crippen molar-refractivity contribution in [2.24, 2.45) is 5.92 Å². The van der Waals surface area contributed by atoms with Gasteiger partial charge in [-0.1, -0.05) is 11.8 Å². The number of thioether (sulfide) groups is 1. The molecule has 0 spiro atoms. The molecule has 0 radical (unpaired) electrons. The molecule has 2 aliphatic rings. The minimum Gasteiger partial charge on any atom is -0.465 e. The number of hydrogen-bond acceptors (Lipinski definition) is 2. The maximum atomic E-state index is 11.2. The molecule has 0 aromatic carbocycles. The number of rotatable bonds is 1. The van der Waals surface area contributed by atoms with Gasteiger partial charge in [-0.25, -0.2) is 4.79 Å². The molecule has 1 atom stereocenters. The molecule has 2 heterocycles. The Hall–Kier alpha value is -0.620. The first-order valence-corrected chi connectivity index (χ1v) is 6.41. The summed E-state index contributed by atoms with van der Waals surface area (Å²) in [5.41, 5.74) is 0.782. The van der Waals surface area contributed by atoms with Crippen LogP contribution in [-0.4, -0.2) is 21.6 Å². The molecule has 1 fully saturated rings. The number of H-pyrrole nitrogens is 1. The van der Waals surface area contributed by atoms with Crippen LogP contribution in [0.2, 0.25) is 0 Å². The Balaban J connectivity index is 2.03. The van der Waals surface area contributed by atoms with E-state index < -0.39 is 6.09 Å². The second kappa shape index (κ2) is 3.18. The van der Waals surface area contributed by atoms with Gasteiger partial charge < -0.3 is 10.1 Å². The van der Waals surface area contributed by atoms with Crippen LogP contribution < -0.4 is 4.90 Å². The molecule has 0 bridgehead atoms. The van der Waals surface area contributed by atoms with Gasteiger partial charge in [0.2, 0.25) is 0 Å². The van der Waals surface area contributed by atoms with Crippen molar-refractivity contribution in [3.8, 4) is 0 Å². The van der Waals surface area contributed by atoms with Gasteiger partial charge >= 0.3 is 6.09 Å². The summed E-state index contributed by atoms with van der Waals surface area (Å²) < 4.78 is 0.829. The van der Waals surface area contributed by atoms with E-state index in [4.69, 9.17) is 0 Å². The lowest BCUT2D eigenvalue weighted by atomic mass is 10.3. The van der Waals surface area contributed by atoms with Crippen molar-refractivity contribution in [3.63, 3.8) is 0 Å². The molecule has 15 heavy (non-hydrogen) atoms. The zero-order valence-electron chi connectivity index (χ0n) is 7.74. The maximum Gasteiger partial charge on any atom is 0.412 e. The molecular formula is C9H9BrN2O2S. The van der Waals surface area contributed by atoms with E-state index >= 15 is 0 Å². The number of fused-ring (bicyclic) bond motifs is 1.